The van der Waals surface area contributed by atoms with Gasteiger partial charge in [0.25, 0.3) is 11.8 Å². The quantitative estimate of drug-likeness (QED) is 0.0488. The van der Waals surface area contributed by atoms with Crippen LogP contribution < -0.4 is 21.7 Å². The number of aliphatic hydroxyl groups excluding tert-OH is 1. The molecule has 0 aliphatic carbocycles. The first-order chi connectivity index (χ1) is 20.1. The number of fused-ring (bicyclic) bond motifs is 1. The summed E-state index contributed by atoms with van der Waals surface area (Å²) < 4.78 is 3.83. The van der Waals surface area contributed by atoms with Crippen molar-refractivity contribution in [1.29, 1.82) is 0 Å². The lowest BCUT2D eigenvalue weighted by Crippen LogP contribution is -2.71. The summed E-state index contributed by atoms with van der Waals surface area (Å²) in [6, 6.07) is -1.27. The molecule has 42 heavy (non-hydrogen) atoms. The Morgan fingerprint density at radius 2 is 2.14 bits per heavy atom. The SMILES string of the molecule is CNCCC(O)C1CC(N2CCC(=CC3=C(C(=O)O)N4C(=O)[C@@H](NC(=O)C(=NO)c5nsc(N)n5)[C@H]4SC3)C2=O)CN1. The number of hydrogen-bond acceptors (Lipinski definition) is 14. The van der Waals surface area contributed by atoms with Gasteiger partial charge in [0.1, 0.15) is 17.1 Å². The fraction of sp³-hybridized carbons (Fsp3) is 0.542. The van der Waals surface area contributed by atoms with Crippen molar-refractivity contribution in [3.8, 4) is 0 Å². The number of carbonyl (C=O) groups excluding carboxylic acids is 3. The van der Waals surface area contributed by atoms with E-state index in [1.54, 1.807) is 11.0 Å². The number of allylic oxidation sites excluding steroid dienone is 1. The molecule has 5 atom stereocenters. The number of rotatable bonds is 10. The van der Waals surface area contributed by atoms with Gasteiger partial charge < -0.3 is 42.0 Å². The number of aromatic nitrogens is 2. The Balaban J connectivity index is 1.27. The number of oxime groups is 1. The van der Waals surface area contributed by atoms with E-state index < -0.39 is 41.0 Å². The van der Waals surface area contributed by atoms with Gasteiger partial charge in [0.15, 0.2) is 5.13 Å². The summed E-state index contributed by atoms with van der Waals surface area (Å²) in [5.74, 6) is -3.11. The monoisotopic (exact) mass is 621 g/mol. The number of carboxylic acid groups (broad SMARTS) is 1. The fourth-order valence-electron chi connectivity index (χ4n) is 5.58. The Morgan fingerprint density at radius 1 is 1.36 bits per heavy atom. The number of likely N-dealkylation sites (tertiary alicyclic amines) is 1. The molecule has 8 N–H and O–H groups in total. The van der Waals surface area contributed by atoms with Gasteiger partial charge in [-0.1, -0.05) is 5.16 Å². The highest BCUT2D eigenvalue weighted by Gasteiger charge is 2.54. The van der Waals surface area contributed by atoms with E-state index in [9.17, 15) is 34.6 Å². The van der Waals surface area contributed by atoms with Crippen molar-refractivity contribution < 1.29 is 34.6 Å². The molecule has 1 aromatic rings. The summed E-state index contributed by atoms with van der Waals surface area (Å²) >= 11 is 2.04. The third-order valence-corrected chi connectivity index (χ3v) is 9.54. The third kappa shape index (κ3) is 5.59. The maximum absolute atomic E-state index is 13.3. The molecule has 3 fully saturated rings. The summed E-state index contributed by atoms with van der Waals surface area (Å²) in [5, 5.41) is 40.8. The molecule has 18 heteroatoms. The molecule has 3 unspecified atom stereocenters. The van der Waals surface area contributed by atoms with Crippen LogP contribution in [0.5, 0.6) is 0 Å². The van der Waals surface area contributed by atoms with Crippen LogP contribution in [0.15, 0.2) is 28.1 Å². The number of nitrogens with zero attached hydrogens (tertiary/aromatic N) is 5. The number of carbonyl (C=O) groups is 4. The molecular weight excluding hydrogens is 590 g/mol. The molecule has 0 bridgehead atoms. The summed E-state index contributed by atoms with van der Waals surface area (Å²) in [5.41, 5.74) is 5.54. The number of amides is 3. The van der Waals surface area contributed by atoms with E-state index in [1.165, 1.54) is 11.8 Å². The molecule has 5 rings (SSSR count). The van der Waals surface area contributed by atoms with Crippen LogP contribution in [0, 0.1) is 0 Å². The van der Waals surface area contributed by atoms with Gasteiger partial charge in [-0.25, -0.2) is 4.79 Å². The number of anilines is 1. The van der Waals surface area contributed by atoms with Crippen LogP contribution in [-0.2, 0) is 19.2 Å². The zero-order chi connectivity index (χ0) is 30.1. The number of aliphatic carboxylic acids is 1. The number of nitrogen functional groups attached to an aromatic ring is 1. The highest BCUT2D eigenvalue weighted by Crippen LogP contribution is 2.41. The molecule has 4 aliphatic heterocycles. The largest absolute Gasteiger partial charge is 0.477 e. The van der Waals surface area contributed by atoms with Crippen LogP contribution in [0.1, 0.15) is 25.1 Å². The van der Waals surface area contributed by atoms with Crippen molar-refractivity contribution in [2.24, 2.45) is 5.16 Å². The lowest BCUT2D eigenvalue weighted by Gasteiger charge is -2.49. The minimum Gasteiger partial charge on any atom is -0.477 e. The van der Waals surface area contributed by atoms with E-state index in [-0.39, 0.29) is 40.4 Å². The molecule has 0 spiro atoms. The Hall–Kier alpha value is -3.58. The number of thioether (sulfide) groups is 1. The topological polar surface area (TPSA) is 236 Å². The van der Waals surface area contributed by atoms with Crippen LogP contribution in [0.4, 0.5) is 5.13 Å². The fourth-order valence-corrected chi connectivity index (χ4v) is 7.32. The third-order valence-electron chi connectivity index (χ3n) is 7.70. The summed E-state index contributed by atoms with van der Waals surface area (Å²) in [6.07, 6.45) is 2.68. The summed E-state index contributed by atoms with van der Waals surface area (Å²) in [7, 11) is 1.82. The van der Waals surface area contributed by atoms with Crippen molar-refractivity contribution in [2.75, 3.05) is 38.2 Å². The number of nitrogens with two attached hydrogens (primary N) is 1. The van der Waals surface area contributed by atoms with E-state index in [2.05, 4.69) is 30.5 Å². The highest BCUT2D eigenvalue weighted by atomic mass is 32.2. The minimum absolute atomic E-state index is 0.0533. The van der Waals surface area contributed by atoms with Crippen molar-refractivity contribution >= 4 is 57.8 Å². The second-order valence-electron chi connectivity index (χ2n) is 10.2. The van der Waals surface area contributed by atoms with Crippen LogP contribution in [0.2, 0.25) is 0 Å². The van der Waals surface area contributed by atoms with Crippen LogP contribution in [0.25, 0.3) is 0 Å². The van der Waals surface area contributed by atoms with E-state index >= 15 is 0 Å². The molecular formula is C24H31N9O7S2. The highest BCUT2D eigenvalue weighted by molar-refractivity contribution is 8.00. The molecule has 0 aromatic carbocycles. The van der Waals surface area contributed by atoms with Gasteiger partial charge in [0, 0.05) is 48.0 Å². The summed E-state index contributed by atoms with van der Waals surface area (Å²) in [6.45, 7) is 1.72. The van der Waals surface area contributed by atoms with Gasteiger partial charge in [0.2, 0.25) is 17.4 Å². The van der Waals surface area contributed by atoms with E-state index in [0.29, 0.717) is 50.0 Å². The van der Waals surface area contributed by atoms with Gasteiger partial charge in [-0.05, 0) is 44.5 Å². The number of hydrogen-bond donors (Lipinski definition) is 7. The van der Waals surface area contributed by atoms with Crippen molar-refractivity contribution in [3.05, 3.63) is 28.7 Å². The number of aliphatic hydroxyl groups is 1. The Morgan fingerprint density at radius 3 is 2.81 bits per heavy atom. The second-order valence-corrected chi connectivity index (χ2v) is 12.1. The average Bonchev–Trinajstić information content (AvgIpc) is 3.71. The lowest BCUT2D eigenvalue weighted by molar-refractivity contribution is -0.150. The second kappa shape index (κ2) is 12.3. The molecule has 5 heterocycles. The first kappa shape index (κ1) is 29.9. The Labute approximate surface area is 248 Å². The maximum Gasteiger partial charge on any atom is 0.352 e. The molecule has 4 aliphatic rings. The standard InChI is InChI=1S/C24H31N9O7S2/c1-26-4-2-14(34)13-7-12(8-27-13)32-5-3-10(20(32)36)6-11-9-41-22-16(21(37)33(22)17(11)23(38)39)28-19(35)15(30-40)18-29-24(25)42-31-18/h6,12-14,16,22,26-27,34,40H,2-5,7-9H2,1H3,(H,28,35)(H,38,39)(H2,25,29,31)/t12?,13?,14?,16-,22-/m1/s1. The van der Waals surface area contributed by atoms with E-state index in [4.69, 9.17) is 5.73 Å². The molecule has 3 amide bonds. The first-order valence-electron chi connectivity index (χ1n) is 13.3. The molecule has 3 saturated heterocycles. The number of nitrogens with one attached hydrogen (secondary N) is 3. The van der Waals surface area contributed by atoms with Gasteiger partial charge in [-0.3, -0.25) is 19.3 Å². The number of β-lactam (4-membered cyclic amide) rings is 1. The van der Waals surface area contributed by atoms with Gasteiger partial charge in [-0.2, -0.15) is 9.36 Å². The maximum atomic E-state index is 13.3. The summed E-state index contributed by atoms with van der Waals surface area (Å²) in [4.78, 5) is 58.0. The predicted molar refractivity (Wildman–Crippen MR) is 151 cm³/mol. The Bertz CT molecular complexity index is 1380. The average molecular weight is 622 g/mol. The zero-order valence-electron chi connectivity index (χ0n) is 22.5. The predicted octanol–water partition coefficient (Wildman–Crippen LogP) is -2.10. The van der Waals surface area contributed by atoms with Gasteiger partial charge >= 0.3 is 5.97 Å². The molecule has 226 valence electrons. The van der Waals surface area contributed by atoms with E-state index in [0.717, 1.165) is 16.4 Å². The Kier molecular flexibility index (Phi) is 8.78. The van der Waals surface area contributed by atoms with Crippen molar-refractivity contribution in [2.45, 2.75) is 48.9 Å². The zero-order valence-corrected chi connectivity index (χ0v) is 24.2. The van der Waals surface area contributed by atoms with Crippen LogP contribution >= 0.6 is 23.3 Å². The van der Waals surface area contributed by atoms with Crippen molar-refractivity contribution in [1.82, 2.24) is 35.1 Å². The lowest BCUT2D eigenvalue weighted by atomic mass is 10.0. The first-order valence-corrected chi connectivity index (χ1v) is 15.1. The van der Waals surface area contributed by atoms with Gasteiger partial charge in [-0.15, -0.1) is 11.8 Å². The molecule has 16 nitrogen and oxygen atoms in total. The smallest absolute Gasteiger partial charge is 0.352 e. The minimum atomic E-state index is -1.33. The van der Waals surface area contributed by atoms with Crippen LogP contribution in [-0.4, -0.2) is 126 Å². The molecule has 0 radical (unpaired) electrons. The van der Waals surface area contributed by atoms with Crippen LogP contribution in [0.3, 0.4) is 0 Å². The van der Waals surface area contributed by atoms with Crippen molar-refractivity contribution in [3.63, 3.8) is 0 Å². The van der Waals surface area contributed by atoms with E-state index in [1.807, 2.05) is 7.05 Å². The molecule has 0 saturated carbocycles. The number of carboxylic acids is 1. The normalized spacial score (nSPS) is 27.9. The molecule has 1 aromatic heterocycles. The van der Waals surface area contributed by atoms with Gasteiger partial charge in [0.05, 0.1) is 6.10 Å².